The maximum Gasteiger partial charge on any atom is 0.0389 e. The Hall–Kier alpha value is -0.340. The van der Waals surface area contributed by atoms with E-state index in [-0.39, 0.29) is 6.04 Å². The summed E-state index contributed by atoms with van der Waals surface area (Å²) in [5, 5.41) is 2.08. The van der Waals surface area contributed by atoms with Crippen molar-refractivity contribution in [3.8, 4) is 0 Å². The summed E-state index contributed by atoms with van der Waals surface area (Å²) < 4.78 is 0. The number of hydrogen-bond acceptors (Lipinski definition) is 2. The van der Waals surface area contributed by atoms with Crippen LogP contribution < -0.4 is 5.73 Å². The first-order chi connectivity index (χ1) is 5.34. The highest BCUT2D eigenvalue weighted by Crippen LogP contribution is 2.20. The number of thiophene rings is 1. The Bertz CT molecular complexity index is 181. The van der Waals surface area contributed by atoms with Crippen LogP contribution in [0.3, 0.4) is 0 Å². The molecule has 11 heavy (non-hydrogen) atoms. The van der Waals surface area contributed by atoms with E-state index in [9.17, 15) is 0 Å². The second kappa shape index (κ2) is 4.52. The Labute approximate surface area is 72.2 Å². The van der Waals surface area contributed by atoms with E-state index >= 15 is 0 Å². The molecule has 0 unspecified atom stereocenters. The Balaban J connectivity index is 2.36. The summed E-state index contributed by atoms with van der Waals surface area (Å²) in [5.74, 6) is 0. The number of unbranched alkanes of at least 4 members (excludes halogenated alkanes) is 1. The van der Waals surface area contributed by atoms with E-state index in [1.165, 1.54) is 17.7 Å². The van der Waals surface area contributed by atoms with Crippen molar-refractivity contribution in [1.29, 1.82) is 0 Å². The van der Waals surface area contributed by atoms with E-state index in [0.29, 0.717) is 0 Å². The molecule has 1 nitrogen and oxygen atoms in total. The molecule has 1 rings (SSSR count). The lowest BCUT2D eigenvalue weighted by Crippen LogP contribution is -2.07. The van der Waals surface area contributed by atoms with E-state index in [4.69, 9.17) is 5.73 Å². The van der Waals surface area contributed by atoms with Crippen LogP contribution in [0.1, 0.15) is 37.1 Å². The van der Waals surface area contributed by atoms with E-state index in [0.717, 1.165) is 6.42 Å². The van der Waals surface area contributed by atoms with Crippen molar-refractivity contribution >= 4 is 11.3 Å². The fourth-order valence-corrected chi connectivity index (χ4v) is 1.83. The number of rotatable bonds is 4. The van der Waals surface area contributed by atoms with Crippen LogP contribution >= 0.6 is 11.3 Å². The second-order valence-corrected chi connectivity index (χ2v) is 3.74. The van der Waals surface area contributed by atoms with E-state index < -0.39 is 0 Å². The Morgan fingerprint density at radius 1 is 1.64 bits per heavy atom. The highest BCUT2D eigenvalue weighted by Gasteiger charge is 2.04. The minimum absolute atomic E-state index is 0.273. The SMILES string of the molecule is CCCC[C@H](N)c1cccs1. The molecule has 0 amide bonds. The molecule has 0 aromatic carbocycles. The predicted octanol–water partition coefficient (Wildman–Crippen LogP) is 2.94. The van der Waals surface area contributed by atoms with Crippen molar-refractivity contribution in [2.75, 3.05) is 0 Å². The minimum atomic E-state index is 0.273. The maximum absolute atomic E-state index is 5.94. The third-order valence-corrected chi connectivity index (χ3v) is 2.78. The van der Waals surface area contributed by atoms with Gasteiger partial charge in [-0.05, 0) is 17.9 Å². The zero-order valence-corrected chi connectivity index (χ0v) is 7.73. The van der Waals surface area contributed by atoms with Gasteiger partial charge in [-0.25, -0.2) is 0 Å². The Kier molecular flexibility index (Phi) is 3.60. The minimum Gasteiger partial charge on any atom is -0.323 e. The topological polar surface area (TPSA) is 26.0 Å². The van der Waals surface area contributed by atoms with Gasteiger partial charge in [0, 0.05) is 10.9 Å². The molecule has 0 fully saturated rings. The van der Waals surface area contributed by atoms with Crippen LogP contribution in [-0.4, -0.2) is 0 Å². The van der Waals surface area contributed by atoms with Gasteiger partial charge >= 0.3 is 0 Å². The molecule has 0 saturated carbocycles. The lowest BCUT2D eigenvalue weighted by Gasteiger charge is -2.07. The van der Waals surface area contributed by atoms with Gasteiger partial charge in [-0.2, -0.15) is 0 Å². The summed E-state index contributed by atoms with van der Waals surface area (Å²) in [4.78, 5) is 1.32. The summed E-state index contributed by atoms with van der Waals surface area (Å²) in [6.07, 6.45) is 3.59. The Morgan fingerprint density at radius 3 is 3.00 bits per heavy atom. The fraction of sp³-hybridized carbons (Fsp3) is 0.556. The van der Waals surface area contributed by atoms with Gasteiger partial charge in [0.2, 0.25) is 0 Å². The number of hydrogen-bond donors (Lipinski definition) is 1. The maximum atomic E-state index is 5.94. The average Bonchev–Trinajstić information content (AvgIpc) is 2.52. The smallest absolute Gasteiger partial charge is 0.0389 e. The quantitative estimate of drug-likeness (QED) is 0.736. The molecule has 2 N–H and O–H groups in total. The first kappa shape index (κ1) is 8.75. The van der Waals surface area contributed by atoms with Gasteiger partial charge in [-0.3, -0.25) is 0 Å². The average molecular weight is 169 g/mol. The monoisotopic (exact) mass is 169 g/mol. The van der Waals surface area contributed by atoms with E-state index in [1.807, 2.05) is 0 Å². The molecular weight excluding hydrogens is 154 g/mol. The van der Waals surface area contributed by atoms with Crippen LogP contribution in [0, 0.1) is 0 Å². The highest BCUT2D eigenvalue weighted by molar-refractivity contribution is 7.10. The van der Waals surface area contributed by atoms with Crippen molar-refractivity contribution in [3.63, 3.8) is 0 Å². The largest absolute Gasteiger partial charge is 0.323 e. The highest BCUT2D eigenvalue weighted by atomic mass is 32.1. The molecule has 2 heteroatoms. The summed E-state index contributed by atoms with van der Waals surface area (Å²) in [6, 6.07) is 4.45. The van der Waals surface area contributed by atoms with Crippen LogP contribution in [0.4, 0.5) is 0 Å². The zero-order valence-electron chi connectivity index (χ0n) is 6.92. The van der Waals surface area contributed by atoms with Gasteiger partial charge in [-0.15, -0.1) is 11.3 Å². The molecule has 1 atom stereocenters. The van der Waals surface area contributed by atoms with E-state index in [1.54, 1.807) is 11.3 Å². The predicted molar refractivity (Wildman–Crippen MR) is 50.8 cm³/mol. The van der Waals surface area contributed by atoms with Crippen molar-refractivity contribution < 1.29 is 0 Å². The van der Waals surface area contributed by atoms with Gasteiger partial charge in [0.15, 0.2) is 0 Å². The molecule has 0 saturated heterocycles. The van der Waals surface area contributed by atoms with Gasteiger partial charge < -0.3 is 5.73 Å². The van der Waals surface area contributed by atoms with Crippen molar-refractivity contribution in [1.82, 2.24) is 0 Å². The van der Waals surface area contributed by atoms with Crippen LogP contribution in [0.15, 0.2) is 17.5 Å². The van der Waals surface area contributed by atoms with Crippen LogP contribution in [0.25, 0.3) is 0 Å². The summed E-state index contributed by atoms with van der Waals surface area (Å²) in [7, 11) is 0. The molecule has 1 heterocycles. The lowest BCUT2D eigenvalue weighted by molar-refractivity contribution is 0.611. The van der Waals surface area contributed by atoms with Gasteiger partial charge in [0.05, 0.1) is 0 Å². The fourth-order valence-electron chi connectivity index (χ4n) is 1.07. The summed E-state index contributed by atoms with van der Waals surface area (Å²) in [6.45, 7) is 2.20. The molecule has 1 aromatic rings. The molecule has 1 aromatic heterocycles. The molecule has 0 aliphatic rings. The van der Waals surface area contributed by atoms with Crippen molar-refractivity contribution in [2.24, 2.45) is 5.73 Å². The molecule has 62 valence electrons. The first-order valence-corrected chi connectivity index (χ1v) is 5.01. The van der Waals surface area contributed by atoms with Crippen LogP contribution in [-0.2, 0) is 0 Å². The third-order valence-electron chi connectivity index (χ3n) is 1.78. The van der Waals surface area contributed by atoms with Crippen LogP contribution in [0.5, 0.6) is 0 Å². The first-order valence-electron chi connectivity index (χ1n) is 4.13. The van der Waals surface area contributed by atoms with Gasteiger partial charge in [0.25, 0.3) is 0 Å². The molecule has 0 aliphatic carbocycles. The third kappa shape index (κ3) is 2.64. The van der Waals surface area contributed by atoms with Gasteiger partial charge in [0.1, 0.15) is 0 Å². The van der Waals surface area contributed by atoms with Crippen LogP contribution in [0.2, 0.25) is 0 Å². The van der Waals surface area contributed by atoms with E-state index in [2.05, 4.69) is 24.4 Å². The van der Waals surface area contributed by atoms with Crippen molar-refractivity contribution in [3.05, 3.63) is 22.4 Å². The lowest BCUT2D eigenvalue weighted by atomic mass is 10.1. The second-order valence-electron chi connectivity index (χ2n) is 2.76. The van der Waals surface area contributed by atoms with Crippen molar-refractivity contribution in [2.45, 2.75) is 32.2 Å². The molecule has 0 spiro atoms. The number of nitrogens with two attached hydrogens (primary N) is 1. The summed E-state index contributed by atoms with van der Waals surface area (Å²) in [5.41, 5.74) is 5.94. The summed E-state index contributed by atoms with van der Waals surface area (Å²) >= 11 is 1.76. The molecular formula is C9H15NS. The standard InChI is InChI=1S/C9H15NS/c1-2-3-5-8(10)9-6-4-7-11-9/h4,6-8H,2-3,5,10H2,1H3/t8-/m0/s1. The normalized spacial score (nSPS) is 13.3. The molecule has 0 aliphatic heterocycles. The molecule has 0 bridgehead atoms. The Morgan fingerprint density at radius 2 is 2.45 bits per heavy atom. The zero-order chi connectivity index (χ0) is 8.10. The van der Waals surface area contributed by atoms with Gasteiger partial charge in [-0.1, -0.05) is 25.8 Å². The molecule has 0 radical (unpaired) electrons.